The van der Waals surface area contributed by atoms with Crippen LogP contribution in [0.25, 0.3) is 11.0 Å². The van der Waals surface area contributed by atoms with E-state index in [1.807, 2.05) is 0 Å². The second-order valence-corrected chi connectivity index (χ2v) is 9.06. The summed E-state index contributed by atoms with van der Waals surface area (Å²) in [5.74, 6) is -0.393. The van der Waals surface area contributed by atoms with E-state index in [-0.39, 0.29) is 16.8 Å². The first kappa shape index (κ1) is 18.5. The first-order valence-corrected chi connectivity index (χ1v) is 10.6. The molecule has 0 fully saturated rings. The molecule has 29 heavy (non-hydrogen) atoms. The van der Waals surface area contributed by atoms with Gasteiger partial charge in [0.15, 0.2) is 5.43 Å². The van der Waals surface area contributed by atoms with Gasteiger partial charge < -0.3 is 4.42 Å². The maximum atomic E-state index is 13.4. The van der Waals surface area contributed by atoms with Crippen molar-refractivity contribution >= 4 is 60.9 Å². The molecule has 0 radical (unpaired) electrons. The van der Waals surface area contributed by atoms with E-state index in [1.54, 1.807) is 49.4 Å². The predicted octanol–water partition coefficient (Wildman–Crippen LogP) is 5.12. The third kappa shape index (κ3) is 2.90. The number of carbonyl (C=O) groups excluding carboxylic acids is 1. The van der Waals surface area contributed by atoms with Crippen molar-refractivity contribution in [3.05, 3.63) is 84.1 Å². The Morgan fingerprint density at radius 2 is 1.90 bits per heavy atom. The van der Waals surface area contributed by atoms with Gasteiger partial charge in [0, 0.05) is 9.50 Å². The molecule has 144 valence electrons. The van der Waals surface area contributed by atoms with Crippen LogP contribution < -0.4 is 10.3 Å². The number of hydrogen-bond donors (Lipinski definition) is 0. The molecule has 9 heteroatoms. The Morgan fingerprint density at radius 1 is 1.14 bits per heavy atom. The van der Waals surface area contributed by atoms with Gasteiger partial charge in [-0.05, 0) is 42.8 Å². The molecule has 2 aromatic carbocycles. The summed E-state index contributed by atoms with van der Waals surface area (Å²) in [6, 6.07) is 11.5. The Labute approximate surface area is 181 Å². The van der Waals surface area contributed by atoms with Crippen molar-refractivity contribution in [2.45, 2.75) is 13.0 Å². The fraction of sp³-hybridized carbons (Fsp3) is 0.100. The molecule has 1 aliphatic rings. The van der Waals surface area contributed by atoms with Crippen LogP contribution >= 0.6 is 38.9 Å². The van der Waals surface area contributed by atoms with E-state index in [1.165, 1.54) is 16.2 Å². The number of aryl methyl sites for hydroxylation is 1. The number of nitrogens with zero attached hydrogens (tertiary/aromatic N) is 3. The van der Waals surface area contributed by atoms with E-state index in [2.05, 4.69) is 26.1 Å². The molecular weight excluding hydrogens is 478 g/mol. The highest BCUT2D eigenvalue weighted by molar-refractivity contribution is 9.10. The van der Waals surface area contributed by atoms with Gasteiger partial charge in [0.05, 0.1) is 17.0 Å². The van der Waals surface area contributed by atoms with Gasteiger partial charge in [-0.2, -0.15) is 0 Å². The molecule has 6 nitrogen and oxygen atoms in total. The molecule has 0 saturated carbocycles. The molecule has 5 rings (SSSR count). The lowest BCUT2D eigenvalue weighted by molar-refractivity contribution is 0.0970. The van der Waals surface area contributed by atoms with Crippen LogP contribution in [0.1, 0.15) is 32.7 Å². The standard InChI is InChI=1S/C20H11BrClN3O3S/c1-9-23-24-20(29-9)25-16(10-2-5-12(22)6-3-10)15-17(26)13-8-11(21)4-7-14(13)28-18(15)19(25)27/h2-8,16H,1H3. The summed E-state index contributed by atoms with van der Waals surface area (Å²) in [7, 11) is 0. The van der Waals surface area contributed by atoms with Crippen molar-refractivity contribution < 1.29 is 9.21 Å². The molecule has 4 aromatic rings. The van der Waals surface area contributed by atoms with E-state index in [0.717, 1.165) is 10.0 Å². The molecule has 3 heterocycles. The lowest BCUT2D eigenvalue weighted by Crippen LogP contribution is -2.29. The lowest BCUT2D eigenvalue weighted by Gasteiger charge is -2.22. The van der Waals surface area contributed by atoms with Crippen LogP contribution in [0.3, 0.4) is 0 Å². The normalized spacial score (nSPS) is 15.9. The molecule has 0 spiro atoms. The number of hydrogen-bond acceptors (Lipinski definition) is 6. The summed E-state index contributed by atoms with van der Waals surface area (Å²) >= 11 is 10.7. The number of fused-ring (bicyclic) bond motifs is 2. The molecule has 1 aliphatic heterocycles. The first-order valence-electron chi connectivity index (χ1n) is 8.59. The Hall–Kier alpha value is -2.55. The van der Waals surface area contributed by atoms with Gasteiger partial charge in [-0.1, -0.05) is 51.0 Å². The second-order valence-electron chi connectivity index (χ2n) is 6.55. The van der Waals surface area contributed by atoms with Gasteiger partial charge in [0.1, 0.15) is 10.6 Å². The van der Waals surface area contributed by atoms with Crippen LogP contribution in [0.5, 0.6) is 0 Å². The van der Waals surface area contributed by atoms with E-state index in [0.29, 0.717) is 26.1 Å². The number of halogens is 2. The summed E-state index contributed by atoms with van der Waals surface area (Å²) in [6.07, 6.45) is 0. The third-order valence-corrected chi connectivity index (χ3v) is 6.32. The number of rotatable bonds is 2. The van der Waals surface area contributed by atoms with Gasteiger partial charge in [-0.3, -0.25) is 14.5 Å². The highest BCUT2D eigenvalue weighted by Gasteiger charge is 2.45. The monoisotopic (exact) mass is 487 g/mol. The third-order valence-electron chi connectivity index (χ3n) is 4.74. The fourth-order valence-corrected chi connectivity index (χ4v) is 4.69. The fourth-order valence-electron chi connectivity index (χ4n) is 3.49. The molecule has 1 unspecified atom stereocenters. The van der Waals surface area contributed by atoms with Crippen molar-refractivity contribution in [2.75, 3.05) is 4.90 Å². The van der Waals surface area contributed by atoms with Crippen molar-refractivity contribution in [3.8, 4) is 0 Å². The number of carbonyl (C=O) groups is 1. The molecule has 0 N–H and O–H groups in total. The summed E-state index contributed by atoms with van der Waals surface area (Å²) in [6.45, 7) is 1.81. The SMILES string of the molecule is Cc1nnc(N2C(=O)c3oc4ccc(Br)cc4c(=O)c3C2c2ccc(Cl)cc2)s1. The summed E-state index contributed by atoms with van der Waals surface area (Å²) in [5.41, 5.74) is 1.13. The number of amides is 1. The van der Waals surface area contributed by atoms with Crippen LogP contribution in [0.4, 0.5) is 5.13 Å². The highest BCUT2D eigenvalue weighted by Crippen LogP contribution is 2.42. The van der Waals surface area contributed by atoms with Gasteiger partial charge in [0.2, 0.25) is 10.9 Å². The Kier molecular flexibility index (Phi) is 4.31. The van der Waals surface area contributed by atoms with Gasteiger partial charge in [0.25, 0.3) is 5.91 Å². The van der Waals surface area contributed by atoms with Crippen molar-refractivity contribution in [2.24, 2.45) is 0 Å². The second kappa shape index (κ2) is 6.76. The smallest absolute Gasteiger partial charge is 0.297 e. The quantitative estimate of drug-likeness (QED) is 0.391. The van der Waals surface area contributed by atoms with Crippen molar-refractivity contribution in [1.82, 2.24) is 10.2 Å². The van der Waals surface area contributed by atoms with Crippen LogP contribution in [-0.4, -0.2) is 16.1 Å². The van der Waals surface area contributed by atoms with Gasteiger partial charge in [-0.15, -0.1) is 10.2 Å². The Balaban J connectivity index is 1.83. The van der Waals surface area contributed by atoms with Crippen LogP contribution in [0.2, 0.25) is 5.02 Å². The van der Waals surface area contributed by atoms with E-state index in [4.69, 9.17) is 16.0 Å². The summed E-state index contributed by atoms with van der Waals surface area (Å²) < 4.78 is 6.66. The molecule has 2 aromatic heterocycles. The predicted molar refractivity (Wildman–Crippen MR) is 115 cm³/mol. The number of aromatic nitrogens is 2. The average molecular weight is 489 g/mol. The maximum Gasteiger partial charge on any atom is 0.297 e. The largest absolute Gasteiger partial charge is 0.450 e. The number of benzene rings is 2. The molecule has 0 saturated heterocycles. The minimum absolute atomic E-state index is 0.0256. The summed E-state index contributed by atoms with van der Waals surface area (Å²) in [5, 5.41) is 10.2. The minimum Gasteiger partial charge on any atom is -0.450 e. The van der Waals surface area contributed by atoms with E-state index < -0.39 is 11.9 Å². The highest BCUT2D eigenvalue weighted by atomic mass is 79.9. The van der Waals surface area contributed by atoms with Gasteiger partial charge in [-0.25, -0.2) is 0 Å². The first-order chi connectivity index (χ1) is 13.9. The minimum atomic E-state index is -0.679. The molecule has 1 atom stereocenters. The molecular formula is C20H11BrClN3O3S. The summed E-state index contributed by atoms with van der Waals surface area (Å²) in [4.78, 5) is 28.2. The number of anilines is 1. The van der Waals surface area contributed by atoms with Crippen LogP contribution in [0.15, 0.2) is 56.1 Å². The van der Waals surface area contributed by atoms with Crippen molar-refractivity contribution in [3.63, 3.8) is 0 Å². The topological polar surface area (TPSA) is 76.3 Å². The lowest BCUT2D eigenvalue weighted by atomic mass is 9.99. The molecule has 0 aliphatic carbocycles. The van der Waals surface area contributed by atoms with E-state index >= 15 is 0 Å². The zero-order valence-electron chi connectivity index (χ0n) is 14.8. The van der Waals surface area contributed by atoms with Gasteiger partial charge >= 0.3 is 0 Å². The van der Waals surface area contributed by atoms with E-state index in [9.17, 15) is 9.59 Å². The van der Waals surface area contributed by atoms with Crippen LogP contribution in [0, 0.1) is 6.92 Å². The molecule has 0 bridgehead atoms. The van der Waals surface area contributed by atoms with Crippen molar-refractivity contribution in [1.29, 1.82) is 0 Å². The zero-order valence-corrected chi connectivity index (χ0v) is 18.0. The Bertz CT molecular complexity index is 1350. The molecule has 1 amide bonds. The average Bonchev–Trinajstić information content (AvgIpc) is 3.25. The van der Waals surface area contributed by atoms with Crippen LogP contribution in [-0.2, 0) is 0 Å². The zero-order chi connectivity index (χ0) is 20.3. The Morgan fingerprint density at radius 3 is 2.59 bits per heavy atom. The maximum absolute atomic E-state index is 13.4.